The molecule has 31 heavy (non-hydrogen) atoms. The number of nitro groups is 1. The average molecular weight is 457 g/mol. The number of hydrogen-bond donors (Lipinski definition) is 1. The molecule has 0 bridgehead atoms. The van der Waals surface area contributed by atoms with Crippen LogP contribution in [-0.4, -0.2) is 52.8 Å². The molecule has 1 aliphatic rings. The van der Waals surface area contributed by atoms with E-state index in [1.165, 1.54) is 20.8 Å². The monoisotopic (exact) mass is 456 g/mol. The number of likely N-dealkylation sites (tertiary alicyclic amines) is 1. The number of benzene rings is 1. The van der Waals surface area contributed by atoms with Crippen molar-refractivity contribution in [1.82, 2.24) is 4.90 Å². The number of nitrogens with zero attached hydrogens (tertiary/aromatic N) is 2. The minimum atomic E-state index is -3.94. The van der Waals surface area contributed by atoms with Crippen LogP contribution in [0.1, 0.15) is 59.6 Å². The minimum Gasteiger partial charge on any atom is -0.481 e. The number of aliphatic carboxylic acids is 1. The Bertz CT molecular complexity index is 1010. The fourth-order valence-corrected chi connectivity index (χ4v) is 4.86. The number of carbonyl (C=O) groups excluding carboxylic acids is 1. The van der Waals surface area contributed by atoms with Crippen LogP contribution < -0.4 is 0 Å². The highest BCUT2D eigenvalue weighted by molar-refractivity contribution is 7.92. The largest absolute Gasteiger partial charge is 0.481 e. The van der Waals surface area contributed by atoms with E-state index in [1.807, 2.05) is 0 Å². The van der Waals surface area contributed by atoms with Crippen molar-refractivity contribution >= 4 is 27.6 Å². The van der Waals surface area contributed by atoms with Gasteiger partial charge in [0.05, 0.1) is 26.5 Å². The van der Waals surface area contributed by atoms with Crippen LogP contribution in [0.5, 0.6) is 0 Å². The zero-order valence-electron chi connectivity index (χ0n) is 18.4. The summed E-state index contributed by atoms with van der Waals surface area (Å²) in [7, 11) is -3.94. The van der Waals surface area contributed by atoms with Crippen molar-refractivity contribution in [2.24, 2.45) is 5.41 Å². The minimum absolute atomic E-state index is 0.00770. The van der Waals surface area contributed by atoms with E-state index in [-0.39, 0.29) is 23.4 Å². The molecule has 0 radical (unpaired) electrons. The molecule has 1 aromatic rings. The highest BCUT2D eigenvalue weighted by Gasteiger charge is 2.54. The Hall–Kier alpha value is -2.69. The van der Waals surface area contributed by atoms with Crippen LogP contribution in [0.2, 0.25) is 0 Å². The van der Waals surface area contributed by atoms with Gasteiger partial charge in [-0.2, -0.15) is 0 Å². The van der Waals surface area contributed by atoms with Crippen molar-refractivity contribution in [3.05, 3.63) is 33.9 Å². The molecule has 1 heterocycles. The third-order valence-electron chi connectivity index (χ3n) is 5.33. The first-order valence-corrected chi connectivity index (χ1v) is 11.3. The molecule has 2 atom stereocenters. The van der Waals surface area contributed by atoms with E-state index >= 15 is 0 Å². The first-order chi connectivity index (χ1) is 14.0. The van der Waals surface area contributed by atoms with Crippen LogP contribution in [0, 0.1) is 15.5 Å². The number of non-ortho nitro benzene ring substituents is 1. The molecule has 1 N–H and O–H groups in total. The molecule has 1 fully saturated rings. The van der Waals surface area contributed by atoms with E-state index in [1.54, 1.807) is 20.8 Å². The summed E-state index contributed by atoms with van der Waals surface area (Å²) in [6, 6.07) is 1.94. The van der Waals surface area contributed by atoms with Crippen LogP contribution >= 0.6 is 0 Å². The SMILES string of the molecule is CC(C)S(=O)(=O)c1ccc([N+](=O)[O-])cc1C1N(C(=O)OC(C)(C)C)CCC1(C)C(=O)O. The normalized spacial score (nSPS) is 21.9. The quantitative estimate of drug-likeness (QED) is 0.523. The molecular formula is C20H28N2O8S. The highest BCUT2D eigenvalue weighted by atomic mass is 32.2. The molecule has 11 heteroatoms. The van der Waals surface area contributed by atoms with Gasteiger partial charge < -0.3 is 9.84 Å². The van der Waals surface area contributed by atoms with Crippen molar-refractivity contribution in [2.45, 2.75) is 69.8 Å². The smallest absolute Gasteiger partial charge is 0.410 e. The van der Waals surface area contributed by atoms with Crippen LogP contribution in [0.25, 0.3) is 0 Å². The Balaban J connectivity index is 2.82. The number of ether oxygens (including phenoxy) is 1. The number of hydrogen-bond acceptors (Lipinski definition) is 7. The van der Waals surface area contributed by atoms with Crippen molar-refractivity contribution in [1.29, 1.82) is 0 Å². The Morgan fingerprint density at radius 1 is 1.32 bits per heavy atom. The predicted molar refractivity (Wildman–Crippen MR) is 111 cm³/mol. The molecule has 10 nitrogen and oxygen atoms in total. The maximum Gasteiger partial charge on any atom is 0.410 e. The molecule has 172 valence electrons. The third-order valence-corrected chi connectivity index (χ3v) is 7.56. The van der Waals surface area contributed by atoms with E-state index in [4.69, 9.17) is 4.74 Å². The zero-order chi connectivity index (χ0) is 23.9. The average Bonchev–Trinajstić information content (AvgIpc) is 2.98. The van der Waals surface area contributed by atoms with Gasteiger partial charge in [0.1, 0.15) is 5.60 Å². The molecular weight excluding hydrogens is 428 g/mol. The summed E-state index contributed by atoms with van der Waals surface area (Å²) in [5.74, 6) is -1.25. The van der Waals surface area contributed by atoms with Crippen molar-refractivity contribution in [2.75, 3.05) is 6.54 Å². The van der Waals surface area contributed by atoms with E-state index in [0.29, 0.717) is 0 Å². The van der Waals surface area contributed by atoms with Gasteiger partial charge in [0.2, 0.25) is 0 Å². The zero-order valence-corrected chi connectivity index (χ0v) is 19.2. The summed E-state index contributed by atoms with van der Waals surface area (Å²) >= 11 is 0. The first kappa shape index (κ1) is 24.6. The molecule has 0 spiro atoms. The van der Waals surface area contributed by atoms with Gasteiger partial charge in [-0.05, 0) is 54.0 Å². The summed E-state index contributed by atoms with van der Waals surface area (Å²) < 4.78 is 31.5. The lowest BCUT2D eigenvalue weighted by atomic mass is 9.79. The summed E-state index contributed by atoms with van der Waals surface area (Å²) in [4.78, 5) is 36.7. The van der Waals surface area contributed by atoms with Crippen molar-refractivity contribution in [3.8, 4) is 0 Å². The molecule has 0 aromatic heterocycles. The van der Waals surface area contributed by atoms with Gasteiger partial charge in [-0.15, -0.1) is 0 Å². The fraction of sp³-hybridized carbons (Fsp3) is 0.600. The maximum absolute atomic E-state index is 13.0. The van der Waals surface area contributed by atoms with Crippen LogP contribution in [0.4, 0.5) is 10.5 Å². The number of rotatable bonds is 5. The van der Waals surface area contributed by atoms with Gasteiger partial charge in [0, 0.05) is 24.2 Å². The van der Waals surface area contributed by atoms with Gasteiger partial charge in [0.15, 0.2) is 9.84 Å². The van der Waals surface area contributed by atoms with E-state index in [2.05, 4.69) is 0 Å². The van der Waals surface area contributed by atoms with Crippen LogP contribution in [-0.2, 0) is 19.4 Å². The van der Waals surface area contributed by atoms with Gasteiger partial charge in [-0.1, -0.05) is 0 Å². The lowest BCUT2D eigenvalue weighted by Crippen LogP contribution is -2.41. The summed E-state index contributed by atoms with van der Waals surface area (Å²) in [6.45, 7) is 9.24. The third kappa shape index (κ3) is 4.65. The summed E-state index contributed by atoms with van der Waals surface area (Å²) in [6.07, 6.45) is -0.794. The fourth-order valence-electron chi connectivity index (χ4n) is 3.59. The molecule has 1 saturated heterocycles. The topological polar surface area (TPSA) is 144 Å². The van der Waals surface area contributed by atoms with Gasteiger partial charge >= 0.3 is 12.1 Å². The molecule has 1 aromatic carbocycles. The highest BCUT2D eigenvalue weighted by Crippen LogP contribution is 2.50. The Morgan fingerprint density at radius 3 is 2.35 bits per heavy atom. The Kier molecular flexibility index (Phi) is 6.42. The summed E-state index contributed by atoms with van der Waals surface area (Å²) in [5, 5.41) is 20.5. The van der Waals surface area contributed by atoms with E-state index in [9.17, 15) is 33.2 Å². The Morgan fingerprint density at radius 2 is 1.90 bits per heavy atom. The molecule has 0 aliphatic carbocycles. The van der Waals surface area contributed by atoms with Crippen LogP contribution in [0.15, 0.2) is 23.1 Å². The van der Waals surface area contributed by atoms with Crippen molar-refractivity contribution in [3.63, 3.8) is 0 Å². The predicted octanol–water partition coefficient (Wildman–Crippen LogP) is 3.55. The van der Waals surface area contributed by atoms with E-state index < -0.39 is 54.8 Å². The second kappa shape index (κ2) is 8.10. The molecule has 2 rings (SSSR count). The maximum atomic E-state index is 13.0. The molecule has 0 saturated carbocycles. The molecule has 1 amide bonds. The number of carbonyl (C=O) groups is 2. The van der Waals surface area contributed by atoms with E-state index in [0.717, 1.165) is 23.1 Å². The standard InChI is InChI=1S/C20H28N2O8S/c1-12(2)31(28,29)15-8-7-13(22(26)27)11-14(15)16-20(6,17(23)24)9-10-21(16)18(25)30-19(3,4)5/h7-8,11-12,16H,9-10H2,1-6H3,(H,23,24). The van der Waals surface area contributed by atoms with Gasteiger partial charge in [-0.3, -0.25) is 19.8 Å². The first-order valence-electron chi connectivity index (χ1n) is 9.77. The lowest BCUT2D eigenvalue weighted by Gasteiger charge is -2.34. The molecule has 2 unspecified atom stereocenters. The number of carboxylic acid groups (broad SMARTS) is 1. The number of carboxylic acids is 1. The summed E-state index contributed by atoms with van der Waals surface area (Å²) in [5.41, 5.74) is -2.95. The lowest BCUT2D eigenvalue weighted by molar-refractivity contribution is -0.385. The second-order valence-electron chi connectivity index (χ2n) is 9.12. The number of amides is 1. The van der Waals surface area contributed by atoms with Crippen LogP contribution in [0.3, 0.4) is 0 Å². The van der Waals surface area contributed by atoms with Gasteiger partial charge in [-0.25, -0.2) is 13.2 Å². The van der Waals surface area contributed by atoms with Gasteiger partial charge in [0.25, 0.3) is 5.69 Å². The second-order valence-corrected chi connectivity index (χ2v) is 11.6. The Labute approximate surface area is 181 Å². The number of sulfone groups is 1. The van der Waals surface area contributed by atoms with Crippen molar-refractivity contribution < 1.29 is 32.8 Å². The number of nitro benzene ring substituents is 1. The molecule has 1 aliphatic heterocycles.